The zero-order valence-electron chi connectivity index (χ0n) is 13.1. The molecule has 2 aromatic carbocycles. The quantitative estimate of drug-likeness (QED) is 0.915. The number of thioether (sulfide) groups is 1. The third kappa shape index (κ3) is 3.24. The maximum absolute atomic E-state index is 12.6. The van der Waals surface area contributed by atoms with E-state index in [4.69, 9.17) is 0 Å². The zero-order chi connectivity index (χ0) is 16.4. The number of hydrogen-bond acceptors (Lipinski definition) is 4. The lowest BCUT2D eigenvalue weighted by atomic mass is 10.1. The average molecular weight is 326 g/mol. The molecule has 0 bridgehead atoms. The molecule has 5 heteroatoms. The number of imide groups is 1. The lowest BCUT2D eigenvalue weighted by molar-refractivity contribution is -0.116. The first kappa shape index (κ1) is 15.6. The van der Waals surface area contributed by atoms with Gasteiger partial charge in [-0.25, -0.2) is 4.90 Å². The van der Waals surface area contributed by atoms with Crippen LogP contribution in [-0.2, 0) is 11.2 Å². The van der Waals surface area contributed by atoms with Crippen molar-refractivity contribution in [3.8, 4) is 0 Å². The third-order valence-electron chi connectivity index (χ3n) is 3.77. The Labute approximate surface area is 139 Å². The number of aryl methyl sites for hydroxylation is 2. The fourth-order valence-electron chi connectivity index (χ4n) is 2.49. The van der Waals surface area contributed by atoms with E-state index in [0.29, 0.717) is 5.69 Å². The Balaban J connectivity index is 1.78. The monoisotopic (exact) mass is 326 g/mol. The maximum Gasteiger partial charge on any atom is 0.295 e. The zero-order valence-corrected chi connectivity index (χ0v) is 13.9. The van der Waals surface area contributed by atoms with Crippen molar-refractivity contribution in [3.05, 3.63) is 59.7 Å². The summed E-state index contributed by atoms with van der Waals surface area (Å²) < 4.78 is 0. The SMILES string of the molecule is CCc1ccc(N[C@@H]2SC(=O)N(c3cccc(C)c3)C2=O)cc1. The van der Waals surface area contributed by atoms with Crippen molar-refractivity contribution in [3.63, 3.8) is 0 Å². The van der Waals surface area contributed by atoms with Crippen LogP contribution in [0, 0.1) is 6.92 Å². The van der Waals surface area contributed by atoms with Crippen molar-refractivity contribution < 1.29 is 9.59 Å². The highest BCUT2D eigenvalue weighted by Gasteiger charge is 2.40. The highest BCUT2D eigenvalue weighted by atomic mass is 32.2. The van der Waals surface area contributed by atoms with Crippen LogP contribution in [0.1, 0.15) is 18.1 Å². The van der Waals surface area contributed by atoms with E-state index >= 15 is 0 Å². The van der Waals surface area contributed by atoms with Crippen LogP contribution in [0.3, 0.4) is 0 Å². The molecule has 1 aliphatic rings. The summed E-state index contributed by atoms with van der Waals surface area (Å²) in [6.45, 7) is 4.03. The molecule has 1 saturated heterocycles. The summed E-state index contributed by atoms with van der Waals surface area (Å²) in [5.74, 6) is -0.231. The van der Waals surface area contributed by atoms with Gasteiger partial charge < -0.3 is 5.32 Å². The molecule has 1 heterocycles. The number of carbonyl (C=O) groups is 2. The van der Waals surface area contributed by atoms with Crippen LogP contribution in [0.25, 0.3) is 0 Å². The van der Waals surface area contributed by atoms with Crippen molar-refractivity contribution in [2.24, 2.45) is 0 Å². The first-order valence-electron chi connectivity index (χ1n) is 7.55. The second-order valence-corrected chi connectivity index (χ2v) is 6.53. The van der Waals surface area contributed by atoms with Crippen molar-refractivity contribution >= 4 is 34.3 Å². The van der Waals surface area contributed by atoms with Gasteiger partial charge in [0, 0.05) is 5.69 Å². The van der Waals surface area contributed by atoms with Crippen molar-refractivity contribution in [2.45, 2.75) is 25.6 Å². The van der Waals surface area contributed by atoms with Gasteiger partial charge in [0.15, 0.2) is 5.37 Å². The molecule has 1 N–H and O–H groups in total. The van der Waals surface area contributed by atoms with Crippen LogP contribution >= 0.6 is 11.8 Å². The highest BCUT2D eigenvalue weighted by molar-refractivity contribution is 8.16. The summed E-state index contributed by atoms with van der Waals surface area (Å²) in [7, 11) is 0. The van der Waals surface area contributed by atoms with Crippen molar-refractivity contribution in [1.82, 2.24) is 0 Å². The average Bonchev–Trinajstić information content (AvgIpc) is 2.82. The Morgan fingerprint density at radius 1 is 1.13 bits per heavy atom. The van der Waals surface area contributed by atoms with Crippen LogP contribution < -0.4 is 10.2 Å². The predicted molar refractivity (Wildman–Crippen MR) is 94.9 cm³/mol. The molecular formula is C18H18N2O2S. The summed E-state index contributed by atoms with van der Waals surface area (Å²) >= 11 is 1.01. The smallest absolute Gasteiger partial charge is 0.295 e. The number of rotatable bonds is 4. The van der Waals surface area contributed by atoms with Crippen LogP contribution in [0.4, 0.5) is 16.2 Å². The van der Waals surface area contributed by atoms with E-state index in [2.05, 4.69) is 12.2 Å². The van der Waals surface area contributed by atoms with E-state index in [1.165, 1.54) is 10.5 Å². The van der Waals surface area contributed by atoms with Gasteiger partial charge in [-0.1, -0.05) is 31.2 Å². The number of nitrogens with one attached hydrogen (secondary N) is 1. The lowest BCUT2D eigenvalue weighted by Crippen LogP contribution is -2.34. The molecule has 3 rings (SSSR count). The molecular weight excluding hydrogens is 308 g/mol. The fourth-order valence-corrected chi connectivity index (χ4v) is 3.39. The Morgan fingerprint density at radius 2 is 1.87 bits per heavy atom. The minimum Gasteiger partial charge on any atom is -0.365 e. The molecule has 1 aliphatic heterocycles. The van der Waals surface area contributed by atoms with E-state index < -0.39 is 5.37 Å². The van der Waals surface area contributed by atoms with E-state index in [1.54, 1.807) is 6.07 Å². The summed E-state index contributed by atoms with van der Waals surface area (Å²) in [4.78, 5) is 26.0. The van der Waals surface area contributed by atoms with E-state index in [9.17, 15) is 9.59 Å². The minimum absolute atomic E-state index is 0.231. The summed E-state index contributed by atoms with van der Waals surface area (Å²) in [5, 5.41) is 2.30. The Kier molecular flexibility index (Phi) is 4.39. The third-order valence-corrected chi connectivity index (χ3v) is 4.71. The standard InChI is InChI=1S/C18H18N2O2S/c1-3-13-7-9-14(10-8-13)19-16-17(21)20(18(22)23-16)15-6-4-5-12(2)11-15/h4-11,16,19H,3H2,1-2H3/t16-/m1/s1. The Bertz CT molecular complexity index is 743. The summed E-state index contributed by atoms with van der Waals surface area (Å²) in [6, 6.07) is 15.3. The molecule has 1 atom stereocenters. The number of anilines is 2. The van der Waals surface area contributed by atoms with Crippen LogP contribution in [0.5, 0.6) is 0 Å². The van der Waals surface area contributed by atoms with Crippen LogP contribution in [0.15, 0.2) is 48.5 Å². The first-order chi connectivity index (χ1) is 11.1. The molecule has 4 nitrogen and oxygen atoms in total. The molecule has 2 aromatic rings. The molecule has 118 valence electrons. The second kappa shape index (κ2) is 6.46. The molecule has 0 unspecified atom stereocenters. The van der Waals surface area contributed by atoms with Gasteiger partial charge in [0.1, 0.15) is 0 Å². The molecule has 0 radical (unpaired) electrons. The van der Waals surface area contributed by atoms with Gasteiger partial charge in [0.2, 0.25) is 0 Å². The van der Waals surface area contributed by atoms with Gasteiger partial charge in [0.25, 0.3) is 11.1 Å². The number of nitrogens with zero attached hydrogens (tertiary/aromatic N) is 1. The van der Waals surface area contributed by atoms with Crippen LogP contribution in [-0.4, -0.2) is 16.5 Å². The Morgan fingerprint density at radius 3 is 2.52 bits per heavy atom. The number of amides is 2. The van der Waals surface area contributed by atoms with Gasteiger partial charge in [-0.2, -0.15) is 0 Å². The minimum atomic E-state index is -0.588. The van der Waals surface area contributed by atoms with Gasteiger partial charge >= 0.3 is 0 Å². The fraction of sp³-hybridized carbons (Fsp3) is 0.222. The summed E-state index contributed by atoms with van der Waals surface area (Å²) in [5.41, 5.74) is 3.71. The molecule has 1 fully saturated rings. The normalized spacial score (nSPS) is 17.7. The highest BCUT2D eigenvalue weighted by Crippen LogP contribution is 2.32. The van der Waals surface area contributed by atoms with Gasteiger partial charge in [-0.05, 0) is 60.5 Å². The lowest BCUT2D eigenvalue weighted by Gasteiger charge is -2.15. The maximum atomic E-state index is 12.6. The number of hydrogen-bond donors (Lipinski definition) is 1. The molecule has 0 saturated carbocycles. The molecule has 23 heavy (non-hydrogen) atoms. The Hall–Kier alpha value is -2.27. The first-order valence-corrected chi connectivity index (χ1v) is 8.43. The molecule has 0 spiro atoms. The summed E-state index contributed by atoms with van der Waals surface area (Å²) in [6.07, 6.45) is 0.969. The van der Waals surface area contributed by atoms with E-state index in [0.717, 1.165) is 29.4 Å². The van der Waals surface area contributed by atoms with Crippen molar-refractivity contribution in [1.29, 1.82) is 0 Å². The number of benzene rings is 2. The molecule has 2 amide bonds. The number of carbonyl (C=O) groups excluding carboxylic acids is 2. The molecule has 0 aromatic heterocycles. The van der Waals surface area contributed by atoms with Crippen LogP contribution in [0.2, 0.25) is 0 Å². The van der Waals surface area contributed by atoms with Gasteiger partial charge in [-0.3, -0.25) is 9.59 Å². The predicted octanol–water partition coefficient (Wildman–Crippen LogP) is 4.20. The second-order valence-electron chi connectivity index (χ2n) is 5.47. The molecule has 0 aliphatic carbocycles. The van der Waals surface area contributed by atoms with Crippen molar-refractivity contribution in [2.75, 3.05) is 10.2 Å². The van der Waals surface area contributed by atoms with Gasteiger partial charge in [-0.15, -0.1) is 0 Å². The van der Waals surface area contributed by atoms with Gasteiger partial charge in [0.05, 0.1) is 5.69 Å². The van der Waals surface area contributed by atoms with E-state index in [-0.39, 0.29) is 11.1 Å². The largest absolute Gasteiger partial charge is 0.365 e. The van der Waals surface area contributed by atoms with E-state index in [1.807, 2.05) is 49.4 Å². The topological polar surface area (TPSA) is 49.4 Å².